The smallest absolute Gasteiger partial charge is 0.329 e. The lowest BCUT2D eigenvalue weighted by Crippen LogP contribution is -2.46. The van der Waals surface area contributed by atoms with Crippen LogP contribution in [0.25, 0.3) is 11.2 Å². The molecule has 0 bridgehead atoms. The van der Waals surface area contributed by atoms with Crippen LogP contribution in [0.3, 0.4) is 0 Å². The van der Waals surface area contributed by atoms with E-state index in [4.69, 9.17) is 0 Å². The molecule has 0 spiro atoms. The number of aromatic amines is 2. The molecule has 1 aliphatic heterocycles. The Labute approximate surface area is 165 Å². The van der Waals surface area contributed by atoms with Crippen molar-refractivity contribution in [3.8, 4) is 0 Å². The van der Waals surface area contributed by atoms with Crippen molar-refractivity contribution in [3.63, 3.8) is 0 Å². The van der Waals surface area contributed by atoms with Gasteiger partial charge >= 0.3 is 5.69 Å². The summed E-state index contributed by atoms with van der Waals surface area (Å²) in [6.07, 6.45) is 1.71. The van der Waals surface area contributed by atoms with Crippen LogP contribution in [0.2, 0.25) is 0 Å². The van der Waals surface area contributed by atoms with Crippen LogP contribution >= 0.6 is 0 Å². The molecule has 11 heteroatoms. The highest BCUT2D eigenvalue weighted by molar-refractivity contribution is 5.92. The molecule has 0 aliphatic carbocycles. The van der Waals surface area contributed by atoms with Crippen LogP contribution in [0.5, 0.6) is 0 Å². The molecule has 1 fully saturated rings. The van der Waals surface area contributed by atoms with Gasteiger partial charge in [-0.25, -0.2) is 14.8 Å². The molecule has 11 nitrogen and oxygen atoms in total. The van der Waals surface area contributed by atoms with E-state index in [1.807, 2.05) is 6.07 Å². The highest BCUT2D eigenvalue weighted by atomic mass is 16.2. The van der Waals surface area contributed by atoms with Crippen LogP contribution in [0, 0.1) is 0 Å². The maximum atomic E-state index is 12.2. The molecule has 3 N–H and O–H groups in total. The van der Waals surface area contributed by atoms with Gasteiger partial charge in [-0.05, 0) is 12.1 Å². The quantitative estimate of drug-likeness (QED) is 0.515. The summed E-state index contributed by atoms with van der Waals surface area (Å²) in [5.41, 5.74) is 1.09. The van der Waals surface area contributed by atoms with Crippen LogP contribution in [-0.4, -0.2) is 68.5 Å². The minimum absolute atomic E-state index is 0.205. The molecule has 3 aromatic heterocycles. The Balaban J connectivity index is 1.41. The monoisotopic (exact) mass is 398 g/mol. The molecule has 0 atom stereocenters. The van der Waals surface area contributed by atoms with Crippen LogP contribution < -0.4 is 21.5 Å². The van der Waals surface area contributed by atoms with Gasteiger partial charge in [0.05, 0.1) is 18.4 Å². The lowest BCUT2D eigenvalue weighted by Gasteiger charge is -2.35. The zero-order chi connectivity index (χ0) is 20.5. The lowest BCUT2D eigenvalue weighted by molar-refractivity contribution is 0.0958. The molecular formula is C18H22N8O3. The number of carbonyl (C=O) groups is 1. The second kappa shape index (κ2) is 7.51. The molecule has 0 radical (unpaired) electrons. The Hall–Kier alpha value is -3.47. The molecular weight excluding hydrogens is 376 g/mol. The molecule has 29 heavy (non-hydrogen) atoms. The van der Waals surface area contributed by atoms with Crippen molar-refractivity contribution in [2.45, 2.75) is 6.54 Å². The fourth-order valence-corrected chi connectivity index (χ4v) is 3.40. The first-order valence-corrected chi connectivity index (χ1v) is 9.29. The normalized spacial score (nSPS) is 15.0. The summed E-state index contributed by atoms with van der Waals surface area (Å²) >= 11 is 0. The number of rotatable bonds is 4. The van der Waals surface area contributed by atoms with Gasteiger partial charge in [0.25, 0.3) is 11.5 Å². The number of piperazine rings is 1. The Morgan fingerprint density at radius 1 is 1.17 bits per heavy atom. The Morgan fingerprint density at radius 2 is 1.93 bits per heavy atom. The Morgan fingerprint density at radius 3 is 2.59 bits per heavy atom. The number of fused-ring (bicyclic) bond motifs is 1. The number of hydrogen-bond acceptors (Lipinski definition) is 7. The summed E-state index contributed by atoms with van der Waals surface area (Å²) in [5.74, 6) is 0.437. The number of imidazole rings is 1. The van der Waals surface area contributed by atoms with E-state index in [0.717, 1.165) is 36.4 Å². The van der Waals surface area contributed by atoms with Gasteiger partial charge in [0.15, 0.2) is 5.65 Å². The molecule has 4 rings (SSSR count). The number of hydrogen-bond donors (Lipinski definition) is 3. The first-order valence-electron chi connectivity index (χ1n) is 9.29. The molecule has 3 aromatic rings. The van der Waals surface area contributed by atoms with E-state index >= 15 is 0 Å². The number of carbonyl (C=O) groups excluding carboxylic acids is 1. The van der Waals surface area contributed by atoms with E-state index in [-0.39, 0.29) is 17.1 Å². The minimum Gasteiger partial charge on any atom is -0.368 e. The fourth-order valence-electron chi connectivity index (χ4n) is 3.40. The summed E-state index contributed by atoms with van der Waals surface area (Å²) in [6.45, 7) is 3.78. The first-order chi connectivity index (χ1) is 14.0. The fraction of sp³-hybridized carbons (Fsp3) is 0.389. The predicted octanol–water partition coefficient (Wildman–Crippen LogP) is -0.973. The zero-order valence-corrected chi connectivity index (χ0v) is 16.2. The number of nitrogens with zero attached hydrogens (tertiary/aromatic N) is 5. The topological polar surface area (TPSA) is 132 Å². The van der Waals surface area contributed by atoms with Gasteiger partial charge in [0, 0.05) is 40.3 Å². The summed E-state index contributed by atoms with van der Waals surface area (Å²) in [5, 5.41) is 2.56. The summed E-state index contributed by atoms with van der Waals surface area (Å²) in [4.78, 5) is 54.1. The predicted molar refractivity (Wildman–Crippen MR) is 107 cm³/mol. The number of pyridine rings is 1. The van der Waals surface area contributed by atoms with Gasteiger partial charge in [-0.2, -0.15) is 0 Å². The van der Waals surface area contributed by atoms with E-state index in [1.165, 1.54) is 7.05 Å². The Kier molecular flexibility index (Phi) is 4.89. The van der Waals surface area contributed by atoms with Gasteiger partial charge < -0.3 is 15.2 Å². The zero-order valence-electron chi connectivity index (χ0n) is 16.2. The minimum atomic E-state index is -0.481. The van der Waals surface area contributed by atoms with Gasteiger partial charge in [0.1, 0.15) is 17.0 Å². The number of H-pyrrole nitrogens is 2. The highest BCUT2D eigenvalue weighted by Gasteiger charge is 2.20. The van der Waals surface area contributed by atoms with E-state index in [9.17, 15) is 14.4 Å². The maximum absolute atomic E-state index is 12.2. The van der Waals surface area contributed by atoms with E-state index in [0.29, 0.717) is 23.6 Å². The molecule has 1 saturated heterocycles. The SMILES string of the molecule is CNC(=O)c1ccc(N2CCN(Cc3nc4[nH]c(=O)n(C)c(=O)c4[nH]3)CC2)cn1. The van der Waals surface area contributed by atoms with Crippen molar-refractivity contribution >= 4 is 22.8 Å². The maximum Gasteiger partial charge on any atom is 0.329 e. The molecule has 0 aromatic carbocycles. The van der Waals surface area contributed by atoms with Gasteiger partial charge in [-0.1, -0.05) is 0 Å². The van der Waals surface area contributed by atoms with E-state index in [2.05, 4.69) is 35.1 Å². The average molecular weight is 398 g/mol. The molecule has 4 heterocycles. The van der Waals surface area contributed by atoms with Crippen LogP contribution in [0.15, 0.2) is 27.9 Å². The Bertz CT molecular complexity index is 1150. The third-order valence-electron chi connectivity index (χ3n) is 5.12. The lowest BCUT2D eigenvalue weighted by atomic mass is 10.2. The average Bonchev–Trinajstić information content (AvgIpc) is 3.14. The van der Waals surface area contributed by atoms with Crippen molar-refractivity contribution in [1.29, 1.82) is 0 Å². The molecule has 0 saturated carbocycles. The van der Waals surface area contributed by atoms with Crippen LogP contribution in [0.4, 0.5) is 5.69 Å². The first kappa shape index (κ1) is 18.9. The highest BCUT2D eigenvalue weighted by Crippen LogP contribution is 2.16. The van der Waals surface area contributed by atoms with Crippen molar-refractivity contribution in [2.75, 3.05) is 38.1 Å². The van der Waals surface area contributed by atoms with Crippen molar-refractivity contribution in [1.82, 2.24) is 34.7 Å². The third kappa shape index (κ3) is 3.63. The molecule has 152 valence electrons. The van der Waals surface area contributed by atoms with Gasteiger partial charge in [-0.3, -0.25) is 24.0 Å². The second-order valence-corrected chi connectivity index (χ2v) is 6.95. The van der Waals surface area contributed by atoms with Gasteiger partial charge in [0.2, 0.25) is 0 Å². The summed E-state index contributed by atoms with van der Waals surface area (Å²) < 4.78 is 1.02. The molecule has 0 unspecified atom stereocenters. The van der Waals surface area contributed by atoms with Crippen LogP contribution in [-0.2, 0) is 13.6 Å². The third-order valence-corrected chi connectivity index (χ3v) is 5.12. The largest absolute Gasteiger partial charge is 0.368 e. The van der Waals surface area contributed by atoms with Crippen molar-refractivity contribution < 1.29 is 4.79 Å². The standard InChI is InChI=1S/C18H22N8O3/c1-19-16(27)12-4-3-11(9-20-12)26-7-5-25(6-8-26)10-13-21-14-15(22-13)23-18(29)24(2)17(14)28/h3-4,9H,5-8,10H2,1-2H3,(H,19,27)(H,21,22)(H,23,29). The van der Waals surface area contributed by atoms with E-state index < -0.39 is 5.69 Å². The number of aromatic nitrogens is 5. The molecule has 1 aliphatic rings. The second-order valence-electron chi connectivity index (χ2n) is 6.95. The van der Waals surface area contributed by atoms with Crippen molar-refractivity contribution in [3.05, 3.63) is 50.7 Å². The van der Waals surface area contributed by atoms with Gasteiger partial charge in [-0.15, -0.1) is 0 Å². The number of anilines is 1. The van der Waals surface area contributed by atoms with Crippen molar-refractivity contribution in [2.24, 2.45) is 7.05 Å². The van der Waals surface area contributed by atoms with E-state index in [1.54, 1.807) is 19.3 Å². The summed E-state index contributed by atoms with van der Waals surface area (Å²) in [6, 6.07) is 3.62. The van der Waals surface area contributed by atoms with Crippen LogP contribution in [0.1, 0.15) is 16.3 Å². The molecule has 1 amide bonds. The summed E-state index contributed by atoms with van der Waals surface area (Å²) in [7, 11) is 3.01. The number of nitrogens with one attached hydrogen (secondary N) is 3. The number of amides is 1.